The summed E-state index contributed by atoms with van der Waals surface area (Å²) in [5.41, 5.74) is 8.58. The molecule has 0 saturated carbocycles. The summed E-state index contributed by atoms with van der Waals surface area (Å²) in [7, 11) is -7.14. The number of hydrogen-bond donors (Lipinski definition) is 2. The first-order valence-corrected chi connectivity index (χ1v) is 14.0. The van der Waals surface area contributed by atoms with Crippen molar-refractivity contribution in [3.8, 4) is 11.1 Å². The van der Waals surface area contributed by atoms with E-state index in [4.69, 9.17) is 10.5 Å². The maximum Gasteiger partial charge on any atom is 0.229 e. The van der Waals surface area contributed by atoms with Crippen molar-refractivity contribution in [1.29, 1.82) is 0 Å². The lowest BCUT2D eigenvalue weighted by atomic mass is 10.1. The summed E-state index contributed by atoms with van der Waals surface area (Å²) in [4.78, 5) is 10.3. The molecule has 1 aliphatic rings. The van der Waals surface area contributed by atoms with Crippen LogP contribution in [0.1, 0.15) is 5.56 Å². The highest BCUT2D eigenvalue weighted by atomic mass is 32.2. The lowest BCUT2D eigenvalue weighted by molar-refractivity contribution is 0.122. The Balaban J connectivity index is 1.68. The second kappa shape index (κ2) is 9.57. The van der Waals surface area contributed by atoms with Gasteiger partial charge in [0.05, 0.1) is 30.1 Å². The van der Waals surface area contributed by atoms with E-state index in [0.717, 1.165) is 11.9 Å². The minimum Gasteiger partial charge on any atom is -0.378 e. The van der Waals surface area contributed by atoms with Crippen molar-refractivity contribution in [1.82, 2.24) is 9.97 Å². The van der Waals surface area contributed by atoms with Crippen molar-refractivity contribution >= 4 is 37.2 Å². The van der Waals surface area contributed by atoms with Crippen LogP contribution in [0.3, 0.4) is 0 Å². The summed E-state index contributed by atoms with van der Waals surface area (Å²) >= 11 is 0. The summed E-state index contributed by atoms with van der Waals surface area (Å²) in [6, 6.07) is 11.4. The Kier molecular flexibility index (Phi) is 6.73. The molecule has 0 radical (unpaired) electrons. The van der Waals surface area contributed by atoms with Gasteiger partial charge < -0.3 is 15.4 Å². The van der Waals surface area contributed by atoms with Crippen molar-refractivity contribution in [2.75, 3.05) is 47.9 Å². The van der Waals surface area contributed by atoms with Gasteiger partial charge in [-0.3, -0.25) is 4.72 Å². The molecule has 3 N–H and O–H groups in total. The number of nitrogens with zero attached hydrogens (tertiary/aromatic N) is 3. The van der Waals surface area contributed by atoms with E-state index in [9.17, 15) is 16.8 Å². The number of sulfone groups is 1. The first kappa shape index (κ1) is 23.9. The first-order valence-electron chi connectivity index (χ1n) is 10.4. The Morgan fingerprint density at radius 2 is 1.62 bits per heavy atom. The average Bonchev–Trinajstić information content (AvgIpc) is 2.80. The molecule has 2 heterocycles. The van der Waals surface area contributed by atoms with Gasteiger partial charge in [-0.15, -0.1) is 0 Å². The van der Waals surface area contributed by atoms with Crippen LogP contribution in [-0.4, -0.2) is 59.4 Å². The summed E-state index contributed by atoms with van der Waals surface area (Å²) in [5.74, 6) is -0.106. The summed E-state index contributed by atoms with van der Waals surface area (Å²) in [5, 5.41) is 0. The topological polar surface area (TPSA) is 145 Å². The Bertz CT molecular complexity index is 1370. The van der Waals surface area contributed by atoms with E-state index in [-0.39, 0.29) is 16.6 Å². The molecule has 0 amide bonds. The number of rotatable bonds is 7. The van der Waals surface area contributed by atoms with Gasteiger partial charge >= 0.3 is 0 Å². The maximum absolute atomic E-state index is 13.4. The van der Waals surface area contributed by atoms with Gasteiger partial charge in [-0.2, -0.15) is 0 Å². The number of morpholine rings is 1. The fourth-order valence-electron chi connectivity index (χ4n) is 3.61. The largest absolute Gasteiger partial charge is 0.378 e. The fraction of sp³-hybridized carbons (Fsp3) is 0.273. The number of nitrogens with two attached hydrogens (primary N) is 1. The van der Waals surface area contributed by atoms with Gasteiger partial charge in [0, 0.05) is 42.4 Å². The van der Waals surface area contributed by atoms with Gasteiger partial charge in [0.1, 0.15) is 0 Å². The quantitative estimate of drug-likeness (QED) is 0.494. The predicted octanol–water partition coefficient (Wildman–Crippen LogP) is 1.91. The third kappa shape index (κ3) is 6.01. The van der Waals surface area contributed by atoms with Crippen LogP contribution < -0.4 is 15.4 Å². The Labute approximate surface area is 198 Å². The zero-order valence-electron chi connectivity index (χ0n) is 18.5. The number of benzene rings is 2. The molecule has 0 bridgehead atoms. The molecule has 1 saturated heterocycles. The van der Waals surface area contributed by atoms with Crippen molar-refractivity contribution < 1.29 is 21.6 Å². The fourth-order valence-corrected chi connectivity index (χ4v) is 5.58. The van der Waals surface area contributed by atoms with E-state index in [1.54, 1.807) is 36.7 Å². The molecule has 1 aliphatic heterocycles. The molecule has 1 fully saturated rings. The molecule has 0 spiro atoms. The molecule has 0 aliphatic carbocycles. The van der Waals surface area contributed by atoms with Crippen LogP contribution in [-0.2, 0) is 30.4 Å². The normalized spacial score (nSPS) is 14.7. The highest BCUT2D eigenvalue weighted by molar-refractivity contribution is 7.92. The van der Waals surface area contributed by atoms with E-state index in [2.05, 4.69) is 19.6 Å². The zero-order chi connectivity index (χ0) is 24.3. The molecule has 4 rings (SSSR count). The van der Waals surface area contributed by atoms with Crippen LogP contribution in [0, 0.1) is 0 Å². The monoisotopic (exact) mass is 503 g/mol. The highest BCUT2D eigenvalue weighted by Crippen LogP contribution is 2.31. The van der Waals surface area contributed by atoms with Gasteiger partial charge in [-0.1, -0.05) is 12.1 Å². The van der Waals surface area contributed by atoms with Crippen LogP contribution in [0.4, 0.5) is 17.3 Å². The van der Waals surface area contributed by atoms with Gasteiger partial charge in [-0.05, 0) is 41.5 Å². The number of hydrogen-bond acceptors (Lipinski definition) is 9. The minimum atomic E-state index is -3.72. The predicted molar refractivity (Wildman–Crippen MR) is 131 cm³/mol. The van der Waals surface area contributed by atoms with E-state index in [1.807, 2.05) is 6.07 Å². The van der Waals surface area contributed by atoms with E-state index in [1.165, 1.54) is 12.1 Å². The average molecular weight is 504 g/mol. The smallest absolute Gasteiger partial charge is 0.229 e. The van der Waals surface area contributed by atoms with Crippen molar-refractivity contribution in [2.45, 2.75) is 10.6 Å². The van der Waals surface area contributed by atoms with Crippen LogP contribution >= 0.6 is 0 Å². The SMILES string of the molecule is CS(=O)(=O)Nc1ccc(CS(=O)(=O)c2cc(-c3cnc(N)nc3)cc(N3CCOCC3)c2)cc1. The first-order chi connectivity index (χ1) is 16.1. The molecule has 34 heavy (non-hydrogen) atoms. The minimum absolute atomic E-state index is 0.134. The van der Waals surface area contributed by atoms with Crippen molar-refractivity contribution in [2.24, 2.45) is 0 Å². The number of nitrogen functional groups attached to an aromatic ring is 1. The molecule has 0 unspecified atom stereocenters. The van der Waals surface area contributed by atoms with Crippen molar-refractivity contribution in [3.63, 3.8) is 0 Å². The number of nitrogens with one attached hydrogen (secondary N) is 1. The number of sulfonamides is 1. The number of aromatic nitrogens is 2. The Morgan fingerprint density at radius 3 is 2.24 bits per heavy atom. The molecule has 12 heteroatoms. The standard InChI is InChI=1S/C22H25N5O5S2/c1-33(28,29)26-19-4-2-16(3-5-19)15-34(30,31)21-11-17(18-13-24-22(23)25-14-18)10-20(12-21)27-6-8-32-9-7-27/h2-5,10-14,26H,6-9,15H2,1H3,(H2,23,24,25). The second-order valence-electron chi connectivity index (χ2n) is 7.98. The lowest BCUT2D eigenvalue weighted by Gasteiger charge is -2.29. The maximum atomic E-state index is 13.4. The third-order valence-electron chi connectivity index (χ3n) is 5.25. The molecule has 1 aromatic heterocycles. The van der Waals surface area contributed by atoms with Gasteiger partial charge in [-0.25, -0.2) is 26.8 Å². The summed E-state index contributed by atoms with van der Waals surface area (Å²) in [6.45, 7) is 2.42. The van der Waals surface area contributed by atoms with Gasteiger partial charge in [0.25, 0.3) is 0 Å². The third-order valence-corrected chi connectivity index (χ3v) is 7.52. The lowest BCUT2D eigenvalue weighted by Crippen LogP contribution is -2.36. The molecule has 3 aromatic rings. The van der Waals surface area contributed by atoms with Crippen LogP contribution in [0.2, 0.25) is 0 Å². The van der Waals surface area contributed by atoms with Crippen LogP contribution in [0.5, 0.6) is 0 Å². The summed E-state index contributed by atoms with van der Waals surface area (Å²) in [6.07, 6.45) is 4.17. The molecule has 2 aromatic carbocycles. The zero-order valence-corrected chi connectivity index (χ0v) is 20.1. The van der Waals surface area contributed by atoms with Crippen LogP contribution in [0.15, 0.2) is 59.8 Å². The molecule has 180 valence electrons. The summed E-state index contributed by atoms with van der Waals surface area (Å²) < 4.78 is 57.3. The van der Waals surface area contributed by atoms with Gasteiger partial charge in [0.2, 0.25) is 16.0 Å². The van der Waals surface area contributed by atoms with Gasteiger partial charge in [0.15, 0.2) is 9.84 Å². The van der Waals surface area contributed by atoms with Crippen LogP contribution in [0.25, 0.3) is 11.1 Å². The molecular weight excluding hydrogens is 478 g/mol. The Hall–Kier alpha value is -3.22. The molecular formula is C22H25N5O5S2. The van der Waals surface area contributed by atoms with Crippen molar-refractivity contribution in [3.05, 3.63) is 60.4 Å². The molecule has 10 nitrogen and oxygen atoms in total. The number of anilines is 3. The Morgan fingerprint density at radius 1 is 0.971 bits per heavy atom. The van der Waals surface area contributed by atoms with E-state index >= 15 is 0 Å². The highest BCUT2D eigenvalue weighted by Gasteiger charge is 2.21. The second-order valence-corrected chi connectivity index (χ2v) is 11.7. The number of ether oxygens (including phenoxy) is 1. The molecule has 0 atom stereocenters. The van der Waals surface area contributed by atoms with E-state index < -0.39 is 19.9 Å². The van der Waals surface area contributed by atoms with E-state index in [0.29, 0.717) is 48.7 Å².